The highest BCUT2D eigenvalue weighted by molar-refractivity contribution is 5.38. The van der Waals surface area contributed by atoms with Crippen LogP contribution in [0.25, 0.3) is 0 Å². The van der Waals surface area contributed by atoms with E-state index in [9.17, 15) is 0 Å². The third-order valence-electron chi connectivity index (χ3n) is 4.19. The van der Waals surface area contributed by atoms with Gasteiger partial charge in [-0.2, -0.15) is 0 Å². The van der Waals surface area contributed by atoms with Crippen molar-refractivity contribution in [3.8, 4) is 11.5 Å². The average molecular weight is 298 g/mol. The molecule has 0 saturated carbocycles. The van der Waals surface area contributed by atoms with Gasteiger partial charge in [-0.15, -0.1) is 0 Å². The van der Waals surface area contributed by atoms with Crippen LogP contribution in [-0.2, 0) is 18.0 Å². The maximum absolute atomic E-state index is 5.90. The van der Waals surface area contributed by atoms with Gasteiger partial charge in [0.15, 0.2) is 0 Å². The summed E-state index contributed by atoms with van der Waals surface area (Å²) in [6, 6.07) is 14.3. The van der Waals surface area contributed by atoms with Crippen molar-refractivity contribution in [3.63, 3.8) is 0 Å². The normalized spacial score (nSPS) is 16.9. The number of benzene rings is 2. The molecule has 1 aliphatic rings. The summed E-state index contributed by atoms with van der Waals surface area (Å²) in [5.74, 6) is 2.27. The van der Waals surface area contributed by atoms with E-state index in [1.165, 1.54) is 11.1 Å². The van der Waals surface area contributed by atoms with E-state index in [-0.39, 0.29) is 0 Å². The lowest BCUT2D eigenvalue weighted by Gasteiger charge is -2.25. The number of hydrogen-bond acceptors (Lipinski definition) is 3. The van der Waals surface area contributed by atoms with E-state index in [4.69, 9.17) is 14.2 Å². The number of methoxy groups -OCH3 is 1. The highest BCUT2D eigenvalue weighted by Crippen LogP contribution is 2.31. The van der Waals surface area contributed by atoms with Crippen LogP contribution in [-0.4, -0.2) is 13.7 Å². The Morgan fingerprint density at radius 1 is 1.09 bits per heavy atom. The van der Waals surface area contributed by atoms with Crippen molar-refractivity contribution in [1.82, 2.24) is 0 Å². The molecular weight excluding hydrogens is 276 g/mol. The number of hydrogen-bond donors (Lipinski definition) is 0. The minimum absolute atomic E-state index is 0.513. The number of fused-ring (bicyclic) bond motifs is 1. The van der Waals surface area contributed by atoms with Crippen LogP contribution in [0, 0.1) is 0 Å². The van der Waals surface area contributed by atoms with Crippen molar-refractivity contribution in [2.45, 2.75) is 32.5 Å². The molecule has 1 atom stereocenters. The van der Waals surface area contributed by atoms with E-state index in [0.29, 0.717) is 19.1 Å². The first-order valence-corrected chi connectivity index (χ1v) is 7.76. The smallest absolute Gasteiger partial charge is 0.120 e. The van der Waals surface area contributed by atoms with Crippen LogP contribution in [0.15, 0.2) is 42.5 Å². The molecular formula is C19H22O3. The van der Waals surface area contributed by atoms with Gasteiger partial charge in [-0.05, 0) is 47.4 Å². The van der Waals surface area contributed by atoms with Gasteiger partial charge in [-0.25, -0.2) is 0 Å². The second-order valence-corrected chi connectivity index (χ2v) is 5.62. The molecule has 0 aliphatic carbocycles. The topological polar surface area (TPSA) is 27.7 Å². The Morgan fingerprint density at radius 2 is 1.86 bits per heavy atom. The van der Waals surface area contributed by atoms with E-state index in [2.05, 4.69) is 25.1 Å². The van der Waals surface area contributed by atoms with Gasteiger partial charge in [0.05, 0.1) is 20.3 Å². The van der Waals surface area contributed by atoms with Crippen molar-refractivity contribution in [3.05, 3.63) is 59.2 Å². The van der Waals surface area contributed by atoms with Crippen LogP contribution < -0.4 is 9.47 Å². The average Bonchev–Trinajstić information content (AvgIpc) is 2.59. The Balaban J connectivity index is 1.68. The predicted octanol–water partition coefficient (Wildman–Crippen LogP) is 4.30. The summed E-state index contributed by atoms with van der Waals surface area (Å²) in [4.78, 5) is 0. The van der Waals surface area contributed by atoms with Crippen LogP contribution in [0.3, 0.4) is 0 Å². The Kier molecular flexibility index (Phi) is 4.64. The molecule has 116 valence electrons. The third kappa shape index (κ3) is 3.25. The van der Waals surface area contributed by atoms with E-state index < -0.39 is 0 Å². The molecule has 0 spiro atoms. The van der Waals surface area contributed by atoms with Gasteiger partial charge in [-0.1, -0.05) is 25.1 Å². The molecule has 0 N–H and O–H groups in total. The SMILES string of the molecule is CCC1COCc2cc(OCc3ccc(OC)cc3)ccc21. The van der Waals surface area contributed by atoms with Crippen LogP contribution >= 0.6 is 0 Å². The highest BCUT2D eigenvalue weighted by atomic mass is 16.5. The zero-order valence-corrected chi connectivity index (χ0v) is 13.2. The minimum atomic E-state index is 0.513. The van der Waals surface area contributed by atoms with E-state index >= 15 is 0 Å². The summed E-state index contributed by atoms with van der Waals surface area (Å²) in [6.07, 6.45) is 1.11. The van der Waals surface area contributed by atoms with Crippen LogP contribution in [0.4, 0.5) is 0 Å². The lowest BCUT2D eigenvalue weighted by molar-refractivity contribution is 0.0896. The summed E-state index contributed by atoms with van der Waals surface area (Å²) in [5, 5.41) is 0. The molecule has 3 nitrogen and oxygen atoms in total. The van der Waals surface area contributed by atoms with Crippen molar-refractivity contribution in [2.24, 2.45) is 0 Å². The summed E-state index contributed by atoms with van der Waals surface area (Å²) >= 11 is 0. The fourth-order valence-electron chi connectivity index (χ4n) is 2.82. The highest BCUT2D eigenvalue weighted by Gasteiger charge is 2.19. The monoisotopic (exact) mass is 298 g/mol. The van der Waals surface area contributed by atoms with Crippen molar-refractivity contribution in [2.75, 3.05) is 13.7 Å². The summed E-state index contributed by atoms with van der Waals surface area (Å²) in [6.45, 7) is 4.28. The summed E-state index contributed by atoms with van der Waals surface area (Å²) < 4.78 is 16.7. The Labute approximate surface area is 131 Å². The van der Waals surface area contributed by atoms with E-state index in [1.54, 1.807) is 7.11 Å². The molecule has 0 amide bonds. The molecule has 0 radical (unpaired) electrons. The molecule has 1 unspecified atom stereocenters. The van der Waals surface area contributed by atoms with Gasteiger partial charge >= 0.3 is 0 Å². The zero-order valence-electron chi connectivity index (χ0n) is 13.2. The molecule has 0 bridgehead atoms. The second-order valence-electron chi connectivity index (χ2n) is 5.62. The molecule has 22 heavy (non-hydrogen) atoms. The largest absolute Gasteiger partial charge is 0.497 e. The van der Waals surface area contributed by atoms with Gasteiger partial charge in [0.2, 0.25) is 0 Å². The lowest BCUT2D eigenvalue weighted by atomic mass is 9.91. The quantitative estimate of drug-likeness (QED) is 0.823. The molecule has 0 fully saturated rings. The molecule has 3 rings (SSSR count). The zero-order chi connectivity index (χ0) is 15.4. The maximum atomic E-state index is 5.90. The fraction of sp³-hybridized carbons (Fsp3) is 0.368. The van der Waals surface area contributed by atoms with E-state index in [1.807, 2.05) is 24.3 Å². The van der Waals surface area contributed by atoms with Crippen LogP contribution in [0.1, 0.15) is 36.0 Å². The van der Waals surface area contributed by atoms with Gasteiger partial charge in [-0.3, -0.25) is 0 Å². The standard InChI is InChI=1S/C19H22O3/c1-3-15-12-21-13-16-10-18(8-9-19(15)16)22-11-14-4-6-17(20-2)7-5-14/h4-10,15H,3,11-13H2,1-2H3. The third-order valence-corrected chi connectivity index (χ3v) is 4.19. The molecule has 1 aliphatic heterocycles. The first-order valence-electron chi connectivity index (χ1n) is 7.76. The van der Waals surface area contributed by atoms with Gasteiger partial charge in [0.25, 0.3) is 0 Å². The first-order chi connectivity index (χ1) is 10.8. The van der Waals surface area contributed by atoms with E-state index in [0.717, 1.165) is 30.1 Å². The maximum Gasteiger partial charge on any atom is 0.120 e. The van der Waals surface area contributed by atoms with Crippen LogP contribution in [0.2, 0.25) is 0 Å². The van der Waals surface area contributed by atoms with Gasteiger partial charge in [0, 0.05) is 5.92 Å². The van der Waals surface area contributed by atoms with Gasteiger partial charge < -0.3 is 14.2 Å². The number of ether oxygens (including phenoxy) is 3. The first kappa shape index (κ1) is 14.9. The fourth-order valence-corrected chi connectivity index (χ4v) is 2.82. The van der Waals surface area contributed by atoms with Crippen molar-refractivity contribution in [1.29, 1.82) is 0 Å². The molecule has 2 aromatic carbocycles. The predicted molar refractivity (Wildman–Crippen MR) is 86.5 cm³/mol. The summed E-state index contributed by atoms with van der Waals surface area (Å²) in [7, 11) is 1.67. The Bertz CT molecular complexity index is 619. The Hall–Kier alpha value is -2.00. The Morgan fingerprint density at radius 3 is 2.59 bits per heavy atom. The molecule has 1 heterocycles. The molecule has 2 aromatic rings. The number of rotatable bonds is 5. The van der Waals surface area contributed by atoms with Crippen molar-refractivity contribution >= 4 is 0 Å². The van der Waals surface area contributed by atoms with Gasteiger partial charge in [0.1, 0.15) is 18.1 Å². The molecule has 0 aromatic heterocycles. The molecule has 0 saturated heterocycles. The van der Waals surface area contributed by atoms with Crippen LogP contribution in [0.5, 0.6) is 11.5 Å². The van der Waals surface area contributed by atoms with Crippen molar-refractivity contribution < 1.29 is 14.2 Å². The lowest BCUT2D eigenvalue weighted by Crippen LogP contribution is -2.16. The second kappa shape index (κ2) is 6.84. The molecule has 3 heteroatoms. The minimum Gasteiger partial charge on any atom is -0.497 e. The summed E-state index contributed by atoms with van der Waals surface area (Å²) in [5.41, 5.74) is 3.79.